The lowest BCUT2D eigenvalue weighted by atomic mass is 9.94. The Labute approximate surface area is 131 Å². The van der Waals surface area contributed by atoms with E-state index >= 15 is 0 Å². The molecule has 0 radical (unpaired) electrons. The van der Waals surface area contributed by atoms with E-state index in [0.717, 1.165) is 17.0 Å². The Balaban J connectivity index is 2.35. The van der Waals surface area contributed by atoms with Gasteiger partial charge in [-0.3, -0.25) is 5.41 Å². The zero-order valence-corrected chi connectivity index (χ0v) is 14.0. The van der Waals surface area contributed by atoms with Crippen molar-refractivity contribution in [2.45, 2.75) is 30.9 Å². The van der Waals surface area contributed by atoms with Gasteiger partial charge in [0, 0.05) is 24.2 Å². The molecule has 4 N–H and O–H groups in total. The quantitative estimate of drug-likeness (QED) is 0.565. The van der Waals surface area contributed by atoms with Crippen molar-refractivity contribution >= 4 is 21.4 Å². The third-order valence-electron chi connectivity index (χ3n) is 4.31. The maximum atomic E-state index is 12.6. The fourth-order valence-corrected chi connectivity index (χ4v) is 4.06. The van der Waals surface area contributed by atoms with Crippen LogP contribution in [-0.2, 0) is 9.84 Å². The summed E-state index contributed by atoms with van der Waals surface area (Å²) in [6.45, 7) is 3.45. The van der Waals surface area contributed by atoms with Gasteiger partial charge in [-0.05, 0) is 38.5 Å². The number of hydrogen-bond donors (Lipinski definition) is 3. The molecule has 1 aromatic rings. The van der Waals surface area contributed by atoms with Crippen LogP contribution in [0.15, 0.2) is 18.2 Å². The molecule has 0 amide bonds. The molecule has 1 atom stereocenters. The molecule has 1 aliphatic rings. The molecule has 22 heavy (non-hydrogen) atoms. The summed E-state index contributed by atoms with van der Waals surface area (Å²) < 4.78 is 29.6. The molecule has 0 saturated heterocycles. The smallest absolute Gasteiger partial charge is 0.163 e. The maximum absolute atomic E-state index is 12.6. The number of hydrogen-bond acceptors (Lipinski definition) is 5. The second-order valence-electron chi connectivity index (χ2n) is 6.04. The summed E-state index contributed by atoms with van der Waals surface area (Å²) >= 11 is 0. The summed E-state index contributed by atoms with van der Waals surface area (Å²) in [6, 6.07) is 5.68. The first kappa shape index (κ1) is 16.6. The number of amidine groups is 1. The highest BCUT2D eigenvalue weighted by molar-refractivity contribution is 7.93. The van der Waals surface area contributed by atoms with Crippen LogP contribution < -0.4 is 15.8 Å². The molecule has 6 nitrogen and oxygen atoms in total. The van der Waals surface area contributed by atoms with E-state index in [0.29, 0.717) is 13.0 Å². The van der Waals surface area contributed by atoms with Gasteiger partial charge in [-0.1, -0.05) is 0 Å². The second kappa shape index (κ2) is 5.79. The molecular formula is C15H23N3O3S. The Bertz CT molecular complexity index is 683. The van der Waals surface area contributed by atoms with Crippen molar-refractivity contribution in [2.75, 3.05) is 24.7 Å². The van der Waals surface area contributed by atoms with Crippen LogP contribution in [0.4, 0.5) is 5.69 Å². The van der Waals surface area contributed by atoms with Crippen molar-refractivity contribution in [1.29, 1.82) is 5.41 Å². The minimum Gasteiger partial charge on any atom is -0.493 e. The van der Waals surface area contributed by atoms with Crippen LogP contribution in [0.25, 0.3) is 0 Å². The van der Waals surface area contributed by atoms with Gasteiger partial charge >= 0.3 is 0 Å². The Morgan fingerprint density at radius 2 is 2.18 bits per heavy atom. The number of benzene rings is 1. The molecule has 122 valence electrons. The van der Waals surface area contributed by atoms with Gasteiger partial charge in [0.1, 0.15) is 16.3 Å². The summed E-state index contributed by atoms with van der Waals surface area (Å²) in [6.07, 6.45) is 0.632. The van der Waals surface area contributed by atoms with Gasteiger partial charge in [0.15, 0.2) is 9.84 Å². The summed E-state index contributed by atoms with van der Waals surface area (Å²) in [5.41, 5.74) is 7.28. The Morgan fingerprint density at radius 1 is 1.50 bits per heavy atom. The van der Waals surface area contributed by atoms with Gasteiger partial charge in [-0.2, -0.15) is 0 Å². The average Bonchev–Trinajstić information content (AvgIpc) is 2.46. The van der Waals surface area contributed by atoms with E-state index in [4.69, 9.17) is 15.9 Å². The largest absolute Gasteiger partial charge is 0.493 e. The van der Waals surface area contributed by atoms with Crippen LogP contribution >= 0.6 is 0 Å². The Hall–Kier alpha value is -1.76. The number of nitrogens with one attached hydrogen (secondary N) is 2. The molecule has 0 spiro atoms. The van der Waals surface area contributed by atoms with Crippen LogP contribution in [0.3, 0.4) is 0 Å². The second-order valence-corrected chi connectivity index (χ2v) is 8.63. The first-order valence-corrected chi connectivity index (χ1v) is 8.85. The molecule has 1 aliphatic heterocycles. The SMILES string of the molecule is CNc1ccc2c(c1)C(CS(=O)(=O)C(C)(C)C(=N)N)CCO2. The molecule has 0 saturated carbocycles. The van der Waals surface area contributed by atoms with Crippen molar-refractivity contribution in [3.63, 3.8) is 0 Å². The van der Waals surface area contributed by atoms with Crippen LogP contribution in [-0.4, -0.2) is 38.4 Å². The summed E-state index contributed by atoms with van der Waals surface area (Å²) in [7, 11) is -1.73. The van der Waals surface area contributed by atoms with Crippen LogP contribution in [0.5, 0.6) is 5.75 Å². The predicted molar refractivity (Wildman–Crippen MR) is 88.6 cm³/mol. The predicted octanol–water partition coefficient (Wildman–Crippen LogP) is 1.72. The van der Waals surface area contributed by atoms with Crippen LogP contribution in [0, 0.1) is 5.41 Å². The van der Waals surface area contributed by atoms with E-state index in [1.807, 2.05) is 25.2 Å². The summed E-state index contributed by atoms with van der Waals surface area (Å²) in [5.74, 6) is 0.207. The average molecular weight is 325 g/mol. The molecule has 1 aromatic carbocycles. The first-order valence-electron chi connectivity index (χ1n) is 7.20. The number of ether oxygens (including phenoxy) is 1. The topological polar surface area (TPSA) is 105 Å². The fraction of sp³-hybridized carbons (Fsp3) is 0.533. The molecule has 0 fully saturated rings. The standard InChI is InChI=1S/C15H23N3O3S/c1-15(2,14(16)17)22(19,20)9-10-6-7-21-13-5-4-11(18-3)8-12(10)13/h4-5,8,10,18H,6-7,9H2,1-3H3,(H3,16,17). The van der Waals surface area contributed by atoms with Crippen molar-refractivity contribution < 1.29 is 13.2 Å². The maximum Gasteiger partial charge on any atom is 0.163 e. The number of sulfone groups is 1. The van der Waals surface area contributed by atoms with E-state index in [1.165, 1.54) is 13.8 Å². The molecule has 7 heteroatoms. The van der Waals surface area contributed by atoms with E-state index < -0.39 is 14.6 Å². The number of anilines is 1. The number of fused-ring (bicyclic) bond motifs is 1. The lowest BCUT2D eigenvalue weighted by molar-refractivity contribution is 0.272. The van der Waals surface area contributed by atoms with Gasteiger partial charge in [-0.25, -0.2) is 8.42 Å². The van der Waals surface area contributed by atoms with Gasteiger partial charge in [0.25, 0.3) is 0 Å². The third kappa shape index (κ3) is 2.90. The first-order chi connectivity index (χ1) is 10.2. The Kier molecular flexibility index (Phi) is 4.37. The summed E-state index contributed by atoms with van der Waals surface area (Å²) in [4.78, 5) is 0. The van der Waals surface area contributed by atoms with Gasteiger partial charge in [0.05, 0.1) is 12.4 Å². The molecule has 0 aliphatic carbocycles. The summed E-state index contributed by atoms with van der Waals surface area (Å²) in [5, 5.41) is 10.6. The number of rotatable bonds is 5. The zero-order valence-electron chi connectivity index (χ0n) is 13.1. The number of nitrogens with two attached hydrogens (primary N) is 1. The fourth-order valence-electron chi connectivity index (χ4n) is 2.43. The molecule has 0 bridgehead atoms. The van der Waals surface area contributed by atoms with Crippen molar-refractivity contribution in [2.24, 2.45) is 5.73 Å². The van der Waals surface area contributed by atoms with E-state index in [-0.39, 0.29) is 17.5 Å². The highest BCUT2D eigenvalue weighted by atomic mass is 32.2. The van der Waals surface area contributed by atoms with Crippen LogP contribution in [0.2, 0.25) is 0 Å². The zero-order chi connectivity index (χ0) is 16.5. The van der Waals surface area contributed by atoms with Crippen molar-refractivity contribution in [1.82, 2.24) is 0 Å². The monoisotopic (exact) mass is 325 g/mol. The lowest BCUT2D eigenvalue weighted by Gasteiger charge is -2.30. The van der Waals surface area contributed by atoms with Crippen LogP contribution in [0.1, 0.15) is 31.7 Å². The van der Waals surface area contributed by atoms with E-state index in [1.54, 1.807) is 0 Å². The van der Waals surface area contributed by atoms with E-state index in [2.05, 4.69) is 5.32 Å². The molecular weight excluding hydrogens is 302 g/mol. The molecule has 2 rings (SSSR count). The third-order valence-corrected chi connectivity index (χ3v) is 6.93. The molecule has 1 heterocycles. The normalized spacial score (nSPS) is 18.2. The highest BCUT2D eigenvalue weighted by Gasteiger charge is 2.40. The highest BCUT2D eigenvalue weighted by Crippen LogP contribution is 2.37. The minimum absolute atomic E-state index is 0.0386. The lowest BCUT2D eigenvalue weighted by Crippen LogP contribution is -2.47. The van der Waals surface area contributed by atoms with Crippen molar-refractivity contribution in [3.05, 3.63) is 23.8 Å². The minimum atomic E-state index is -3.55. The van der Waals surface area contributed by atoms with E-state index in [9.17, 15) is 8.42 Å². The van der Waals surface area contributed by atoms with Gasteiger partial charge < -0.3 is 15.8 Å². The molecule has 0 aromatic heterocycles. The Morgan fingerprint density at radius 3 is 2.77 bits per heavy atom. The molecule has 1 unspecified atom stereocenters. The van der Waals surface area contributed by atoms with Gasteiger partial charge in [0.2, 0.25) is 0 Å². The van der Waals surface area contributed by atoms with Gasteiger partial charge in [-0.15, -0.1) is 0 Å². The van der Waals surface area contributed by atoms with Crippen molar-refractivity contribution in [3.8, 4) is 5.75 Å².